The van der Waals surface area contributed by atoms with Crippen LogP contribution in [0.15, 0.2) is 0 Å². The predicted molar refractivity (Wildman–Crippen MR) is 58.5 cm³/mol. The van der Waals surface area contributed by atoms with E-state index in [-0.39, 0.29) is 0 Å². The molecule has 0 aliphatic carbocycles. The first-order chi connectivity index (χ1) is 5.41. The van der Waals surface area contributed by atoms with Gasteiger partial charge in [0.1, 0.15) is 0 Å². The van der Waals surface area contributed by atoms with Gasteiger partial charge in [-0.05, 0) is 18.4 Å². The molecule has 0 radical (unpaired) electrons. The van der Waals surface area contributed by atoms with Crippen LogP contribution in [0.25, 0.3) is 0 Å². The van der Waals surface area contributed by atoms with Crippen molar-refractivity contribution in [3.8, 4) is 0 Å². The SMILES string of the molecule is CC.CCCCCCCSC. The van der Waals surface area contributed by atoms with Gasteiger partial charge in [-0.2, -0.15) is 11.8 Å². The topological polar surface area (TPSA) is 0 Å². The van der Waals surface area contributed by atoms with Gasteiger partial charge in [-0.3, -0.25) is 0 Å². The van der Waals surface area contributed by atoms with Crippen LogP contribution in [0, 0.1) is 0 Å². The predicted octanol–water partition coefficient (Wildman–Crippen LogP) is 4.35. The minimum atomic E-state index is 1.35. The maximum atomic E-state index is 2.26. The minimum Gasteiger partial charge on any atom is -0.165 e. The van der Waals surface area contributed by atoms with Crippen LogP contribution in [-0.2, 0) is 0 Å². The monoisotopic (exact) mass is 176 g/mol. The zero-order chi connectivity index (χ0) is 8.95. The number of hydrogen-bond acceptors (Lipinski definition) is 1. The van der Waals surface area contributed by atoms with Crippen LogP contribution in [-0.4, -0.2) is 12.0 Å². The first-order valence-corrected chi connectivity index (χ1v) is 6.30. The van der Waals surface area contributed by atoms with Gasteiger partial charge in [0.25, 0.3) is 0 Å². The Morgan fingerprint density at radius 3 is 1.91 bits per heavy atom. The highest BCUT2D eigenvalue weighted by Gasteiger charge is 1.85. The van der Waals surface area contributed by atoms with Crippen molar-refractivity contribution in [1.29, 1.82) is 0 Å². The van der Waals surface area contributed by atoms with E-state index >= 15 is 0 Å². The second-order valence-electron chi connectivity index (χ2n) is 2.41. The van der Waals surface area contributed by atoms with E-state index in [4.69, 9.17) is 0 Å². The fourth-order valence-corrected chi connectivity index (χ4v) is 1.34. The Morgan fingerprint density at radius 1 is 0.909 bits per heavy atom. The lowest BCUT2D eigenvalue weighted by molar-refractivity contribution is 0.659. The van der Waals surface area contributed by atoms with E-state index in [0.717, 1.165) is 0 Å². The van der Waals surface area contributed by atoms with E-state index in [1.54, 1.807) is 0 Å². The highest BCUT2D eigenvalue weighted by molar-refractivity contribution is 7.98. The molecular formula is C10H24S. The maximum absolute atomic E-state index is 2.26. The van der Waals surface area contributed by atoms with Crippen LogP contribution in [0.1, 0.15) is 52.9 Å². The molecule has 0 fully saturated rings. The smallest absolute Gasteiger partial charge is 0.00703 e. The van der Waals surface area contributed by atoms with Crippen molar-refractivity contribution in [3.63, 3.8) is 0 Å². The first kappa shape index (κ1) is 13.9. The van der Waals surface area contributed by atoms with Crippen LogP contribution in [0.5, 0.6) is 0 Å². The molecule has 0 aromatic rings. The lowest BCUT2D eigenvalue weighted by Crippen LogP contribution is -1.79. The van der Waals surface area contributed by atoms with Gasteiger partial charge in [-0.1, -0.05) is 46.5 Å². The number of rotatable bonds is 6. The molecule has 0 N–H and O–H groups in total. The van der Waals surface area contributed by atoms with Crippen LogP contribution in [0.4, 0.5) is 0 Å². The maximum Gasteiger partial charge on any atom is -0.00703 e. The Bertz CT molecular complexity index is 38.1. The summed E-state index contributed by atoms with van der Waals surface area (Å²) in [6.07, 6.45) is 9.26. The second-order valence-corrected chi connectivity index (χ2v) is 3.39. The van der Waals surface area contributed by atoms with Gasteiger partial charge in [-0.25, -0.2) is 0 Å². The van der Waals surface area contributed by atoms with Gasteiger partial charge < -0.3 is 0 Å². The molecule has 0 atom stereocenters. The molecule has 0 saturated carbocycles. The molecule has 0 aliphatic rings. The lowest BCUT2D eigenvalue weighted by atomic mass is 10.2. The third-order valence-corrected chi connectivity index (χ3v) is 2.15. The van der Waals surface area contributed by atoms with Gasteiger partial charge >= 0.3 is 0 Å². The fourth-order valence-electron chi connectivity index (χ4n) is 0.850. The zero-order valence-electron chi connectivity index (χ0n) is 8.65. The summed E-state index contributed by atoms with van der Waals surface area (Å²) in [5.41, 5.74) is 0. The van der Waals surface area contributed by atoms with Gasteiger partial charge in [0, 0.05) is 0 Å². The van der Waals surface area contributed by atoms with Crippen LogP contribution in [0.2, 0.25) is 0 Å². The average Bonchev–Trinajstić information content (AvgIpc) is 2.08. The van der Waals surface area contributed by atoms with Gasteiger partial charge in [0.15, 0.2) is 0 Å². The van der Waals surface area contributed by atoms with E-state index in [0.29, 0.717) is 0 Å². The Kier molecular flexibility index (Phi) is 21.2. The molecule has 0 rings (SSSR count). The summed E-state index contributed by atoms with van der Waals surface area (Å²) in [7, 11) is 0. The zero-order valence-corrected chi connectivity index (χ0v) is 9.47. The quantitative estimate of drug-likeness (QED) is 0.542. The van der Waals surface area contributed by atoms with E-state index < -0.39 is 0 Å². The molecule has 0 bridgehead atoms. The lowest BCUT2D eigenvalue weighted by Gasteiger charge is -1.95. The van der Waals surface area contributed by atoms with Crippen molar-refractivity contribution in [2.75, 3.05) is 12.0 Å². The van der Waals surface area contributed by atoms with Crippen molar-refractivity contribution in [2.24, 2.45) is 0 Å². The third kappa shape index (κ3) is 17.9. The highest BCUT2D eigenvalue weighted by Crippen LogP contribution is 2.05. The molecular weight excluding hydrogens is 152 g/mol. The van der Waals surface area contributed by atoms with Crippen LogP contribution >= 0.6 is 11.8 Å². The molecule has 1 heteroatoms. The summed E-state index contributed by atoms with van der Waals surface area (Å²) in [4.78, 5) is 0. The number of thioether (sulfide) groups is 1. The third-order valence-electron chi connectivity index (χ3n) is 1.45. The molecule has 0 aromatic carbocycles. The molecule has 70 valence electrons. The molecule has 0 saturated heterocycles. The first-order valence-electron chi connectivity index (χ1n) is 4.90. The second kappa shape index (κ2) is 16.7. The molecule has 0 amide bonds. The number of hydrogen-bond donors (Lipinski definition) is 0. The average molecular weight is 176 g/mol. The summed E-state index contributed by atoms with van der Waals surface area (Å²) in [5, 5.41) is 0. The van der Waals surface area contributed by atoms with Crippen molar-refractivity contribution in [3.05, 3.63) is 0 Å². The highest BCUT2D eigenvalue weighted by atomic mass is 32.2. The summed E-state index contributed by atoms with van der Waals surface area (Å²) < 4.78 is 0. The van der Waals surface area contributed by atoms with Gasteiger partial charge in [-0.15, -0.1) is 0 Å². The number of unbranched alkanes of at least 4 members (excludes halogenated alkanes) is 4. The molecule has 0 nitrogen and oxygen atoms in total. The summed E-state index contributed by atoms with van der Waals surface area (Å²) >= 11 is 1.96. The molecule has 0 heterocycles. The normalized spacial score (nSPS) is 8.73. The van der Waals surface area contributed by atoms with E-state index in [1.165, 1.54) is 37.9 Å². The van der Waals surface area contributed by atoms with E-state index in [1.807, 2.05) is 25.6 Å². The summed E-state index contributed by atoms with van der Waals surface area (Å²) in [6.45, 7) is 6.26. The van der Waals surface area contributed by atoms with Crippen molar-refractivity contribution in [1.82, 2.24) is 0 Å². The largest absolute Gasteiger partial charge is 0.165 e. The van der Waals surface area contributed by atoms with Crippen molar-refractivity contribution in [2.45, 2.75) is 52.9 Å². The van der Waals surface area contributed by atoms with E-state index in [2.05, 4.69) is 13.2 Å². The standard InChI is InChI=1S/C8H18S.C2H6/c1-3-4-5-6-7-8-9-2;1-2/h3-8H2,1-2H3;1-2H3. The Labute approximate surface area is 77.2 Å². The van der Waals surface area contributed by atoms with Crippen LogP contribution < -0.4 is 0 Å². The summed E-state index contributed by atoms with van der Waals surface area (Å²) in [6, 6.07) is 0. The Hall–Kier alpha value is 0.350. The Morgan fingerprint density at radius 2 is 1.45 bits per heavy atom. The van der Waals surface area contributed by atoms with Crippen LogP contribution in [0.3, 0.4) is 0 Å². The van der Waals surface area contributed by atoms with Gasteiger partial charge in [0.2, 0.25) is 0 Å². The molecule has 11 heavy (non-hydrogen) atoms. The molecule has 0 aliphatic heterocycles. The van der Waals surface area contributed by atoms with E-state index in [9.17, 15) is 0 Å². The van der Waals surface area contributed by atoms with Gasteiger partial charge in [0.05, 0.1) is 0 Å². The Balaban J connectivity index is 0. The molecule has 0 aromatic heterocycles. The van der Waals surface area contributed by atoms with Crippen molar-refractivity contribution >= 4 is 11.8 Å². The minimum absolute atomic E-state index is 1.35. The summed E-state index contributed by atoms with van der Waals surface area (Å²) in [5.74, 6) is 1.35. The molecule has 0 unspecified atom stereocenters. The molecule has 0 spiro atoms. The van der Waals surface area contributed by atoms with Crippen molar-refractivity contribution < 1.29 is 0 Å². The fraction of sp³-hybridized carbons (Fsp3) is 1.00.